The fraction of sp³-hybridized carbons (Fsp3) is 0.600. The third-order valence-corrected chi connectivity index (χ3v) is 2.14. The van der Waals surface area contributed by atoms with E-state index in [2.05, 4.69) is 5.32 Å². The Bertz CT molecular complexity index is 209. The first kappa shape index (κ1) is 10.3. The van der Waals surface area contributed by atoms with Crippen molar-refractivity contribution in [2.45, 2.75) is 18.9 Å². The monoisotopic (exact) mass is 183 g/mol. The molecule has 1 N–H and O–H groups in total. The first-order valence-electron chi connectivity index (χ1n) is 4.54. The van der Waals surface area contributed by atoms with Gasteiger partial charge in [0.1, 0.15) is 0 Å². The molecule has 0 radical (unpaired) electrons. The van der Waals surface area contributed by atoms with Crippen LogP contribution in [0.4, 0.5) is 0 Å². The fourth-order valence-electron chi connectivity index (χ4n) is 1.29. The number of likely N-dealkylation sites (N-methyl/N-ethyl adjacent to an activating group) is 1. The van der Waals surface area contributed by atoms with Crippen molar-refractivity contribution in [3.05, 3.63) is 24.2 Å². The van der Waals surface area contributed by atoms with Gasteiger partial charge in [-0.25, -0.2) is 0 Å². The molecule has 0 aromatic carbocycles. The van der Waals surface area contributed by atoms with Gasteiger partial charge < -0.3 is 14.5 Å². The molecule has 0 saturated carbocycles. The molecule has 0 bridgehead atoms. The van der Waals surface area contributed by atoms with Gasteiger partial charge in [0.05, 0.1) is 19.1 Å². The third-order valence-electron chi connectivity index (χ3n) is 2.14. The average molecular weight is 183 g/mol. The van der Waals surface area contributed by atoms with Gasteiger partial charge in [-0.05, 0) is 31.5 Å². The second kappa shape index (κ2) is 5.78. The Labute approximate surface area is 79.1 Å². The maximum absolute atomic E-state index is 5.08. The molecule has 3 heteroatoms. The molecule has 0 saturated heterocycles. The van der Waals surface area contributed by atoms with Gasteiger partial charge >= 0.3 is 0 Å². The van der Waals surface area contributed by atoms with Gasteiger partial charge in [0.2, 0.25) is 0 Å². The standard InChI is InChI=1S/C10H17NO2/c1-11-10(8-12-2)4-3-9-5-6-13-7-9/h5-7,10-11H,3-4,8H2,1-2H3. The molecule has 0 aliphatic heterocycles. The summed E-state index contributed by atoms with van der Waals surface area (Å²) in [5.74, 6) is 0. The molecule has 1 aromatic rings. The summed E-state index contributed by atoms with van der Waals surface area (Å²) in [6, 6.07) is 2.43. The molecule has 0 aliphatic carbocycles. The smallest absolute Gasteiger partial charge is 0.0934 e. The molecule has 0 aliphatic rings. The van der Waals surface area contributed by atoms with Gasteiger partial charge in [0.15, 0.2) is 0 Å². The molecular weight excluding hydrogens is 166 g/mol. The Balaban J connectivity index is 2.23. The van der Waals surface area contributed by atoms with Crippen molar-refractivity contribution in [3.63, 3.8) is 0 Å². The highest BCUT2D eigenvalue weighted by Crippen LogP contribution is 2.05. The largest absolute Gasteiger partial charge is 0.472 e. The predicted molar refractivity (Wildman–Crippen MR) is 51.8 cm³/mol. The summed E-state index contributed by atoms with van der Waals surface area (Å²) in [5.41, 5.74) is 1.25. The van der Waals surface area contributed by atoms with Crippen molar-refractivity contribution in [1.82, 2.24) is 5.32 Å². The van der Waals surface area contributed by atoms with Crippen LogP contribution >= 0.6 is 0 Å². The number of methoxy groups -OCH3 is 1. The quantitative estimate of drug-likeness (QED) is 0.724. The fourth-order valence-corrected chi connectivity index (χ4v) is 1.29. The molecule has 3 nitrogen and oxygen atoms in total. The van der Waals surface area contributed by atoms with Crippen LogP contribution in [0.25, 0.3) is 0 Å². The minimum atomic E-state index is 0.430. The van der Waals surface area contributed by atoms with Crippen LogP contribution < -0.4 is 5.32 Å². The van der Waals surface area contributed by atoms with E-state index in [1.54, 1.807) is 19.6 Å². The molecule has 0 spiro atoms. The van der Waals surface area contributed by atoms with Crippen molar-refractivity contribution in [3.8, 4) is 0 Å². The minimum absolute atomic E-state index is 0.430. The van der Waals surface area contributed by atoms with Crippen LogP contribution in [0.3, 0.4) is 0 Å². The minimum Gasteiger partial charge on any atom is -0.472 e. The number of aryl methyl sites for hydroxylation is 1. The summed E-state index contributed by atoms with van der Waals surface area (Å²) in [7, 11) is 3.68. The number of rotatable bonds is 6. The zero-order valence-corrected chi connectivity index (χ0v) is 8.25. The molecule has 1 heterocycles. The lowest BCUT2D eigenvalue weighted by Crippen LogP contribution is -2.30. The SMILES string of the molecule is CNC(CCc1ccoc1)COC. The normalized spacial score (nSPS) is 13.1. The third kappa shape index (κ3) is 3.61. The highest BCUT2D eigenvalue weighted by atomic mass is 16.5. The summed E-state index contributed by atoms with van der Waals surface area (Å²) < 4.78 is 10.1. The van der Waals surface area contributed by atoms with E-state index in [4.69, 9.17) is 9.15 Å². The molecule has 0 amide bonds. The Kier molecular flexibility index (Phi) is 4.57. The predicted octanol–water partition coefficient (Wildman–Crippen LogP) is 1.45. The van der Waals surface area contributed by atoms with Gasteiger partial charge in [0.25, 0.3) is 0 Å². The van der Waals surface area contributed by atoms with Gasteiger partial charge in [-0.2, -0.15) is 0 Å². The van der Waals surface area contributed by atoms with E-state index in [0.29, 0.717) is 6.04 Å². The van der Waals surface area contributed by atoms with Crippen molar-refractivity contribution in [2.24, 2.45) is 0 Å². The van der Waals surface area contributed by atoms with Gasteiger partial charge in [0, 0.05) is 13.2 Å². The Hall–Kier alpha value is -0.800. The highest BCUT2D eigenvalue weighted by molar-refractivity contribution is 5.05. The topological polar surface area (TPSA) is 34.4 Å². The van der Waals surface area contributed by atoms with Crippen LogP contribution in [0.2, 0.25) is 0 Å². The Morgan fingerprint density at radius 3 is 3.00 bits per heavy atom. The van der Waals surface area contributed by atoms with Crippen molar-refractivity contribution in [1.29, 1.82) is 0 Å². The number of hydrogen-bond donors (Lipinski definition) is 1. The van der Waals surface area contributed by atoms with Crippen LogP contribution in [0.5, 0.6) is 0 Å². The van der Waals surface area contributed by atoms with Crippen molar-refractivity contribution in [2.75, 3.05) is 20.8 Å². The first-order valence-corrected chi connectivity index (χ1v) is 4.54. The van der Waals surface area contributed by atoms with E-state index in [0.717, 1.165) is 19.4 Å². The van der Waals surface area contributed by atoms with Gasteiger partial charge in [-0.3, -0.25) is 0 Å². The van der Waals surface area contributed by atoms with E-state index in [1.807, 2.05) is 13.1 Å². The molecular formula is C10H17NO2. The number of hydrogen-bond acceptors (Lipinski definition) is 3. The maximum atomic E-state index is 5.08. The second-order valence-corrected chi connectivity index (χ2v) is 3.11. The lowest BCUT2D eigenvalue weighted by molar-refractivity contribution is 0.166. The van der Waals surface area contributed by atoms with Gasteiger partial charge in [-0.1, -0.05) is 0 Å². The van der Waals surface area contributed by atoms with E-state index < -0.39 is 0 Å². The summed E-state index contributed by atoms with van der Waals surface area (Å²) >= 11 is 0. The Morgan fingerprint density at radius 2 is 2.46 bits per heavy atom. The van der Waals surface area contributed by atoms with Crippen LogP contribution in [0.15, 0.2) is 23.0 Å². The zero-order valence-electron chi connectivity index (χ0n) is 8.25. The number of ether oxygens (including phenoxy) is 1. The summed E-state index contributed by atoms with van der Waals surface area (Å²) in [6.45, 7) is 0.758. The molecule has 13 heavy (non-hydrogen) atoms. The molecule has 0 fully saturated rings. The van der Waals surface area contributed by atoms with E-state index in [9.17, 15) is 0 Å². The summed E-state index contributed by atoms with van der Waals surface area (Å²) in [5, 5.41) is 3.21. The number of furan rings is 1. The molecule has 1 aromatic heterocycles. The zero-order chi connectivity index (χ0) is 9.52. The molecule has 74 valence electrons. The molecule has 1 atom stereocenters. The summed E-state index contributed by atoms with van der Waals surface area (Å²) in [6.07, 6.45) is 5.61. The second-order valence-electron chi connectivity index (χ2n) is 3.11. The van der Waals surface area contributed by atoms with Crippen LogP contribution in [0, 0.1) is 0 Å². The molecule has 1 unspecified atom stereocenters. The van der Waals surface area contributed by atoms with Crippen molar-refractivity contribution < 1.29 is 9.15 Å². The van der Waals surface area contributed by atoms with Gasteiger partial charge in [-0.15, -0.1) is 0 Å². The van der Waals surface area contributed by atoms with Crippen LogP contribution in [0.1, 0.15) is 12.0 Å². The average Bonchev–Trinajstić information content (AvgIpc) is 2.64. The first-order chi connectivity index (χ1) is 6.36. The lowest BCUT2D eigenvalue weighted by Gasteiger charge is -2.13. The van der Waals surface area contributed by atoms with E-state index >= 15 is 0 Å². The van der Waals surface area contributed by atoms with E-state index in [-0.39, 0.29) is 0 Å². The van der Waals surface area contributed by atoms with Crippen LogP contribution in [-0.2, 0) is 11.2 Å². The Morgan fingerprint density at radius 1 is 1.62 bits per heavy atom. The lowest BCUT2D eigenvalue weighted by atomic mass is 10.1. The van der Waals surface area contributed by atoms with Crippen molar-refractivity contribution >= 4 is 0 Å². The van der Waals surface area contributed by atoms with E-state index in [1.165, 1.54) is 5.56 Å². The van der Waals surface area contributed by atoms with Crippen LogP contribution in [-0.4, -0.2) is 26.8 Å². The maximum Gasteiger partial charge on any atom is 0.0934 e. The highest BCUT2D eigenvalue weighted by Gasteiger charge is 2.05. The number of nitrogens with one attached hydrogen (secondary N) is 1. The summed E-state index contributed by atoms with van der Waals surface area (Å²) in [4.78, 5) is 0. The molecule has 1 rings (SSSR count).